The number of anilines is 2. The lowest BCUT2D eigenvalue weighted by Gasteiger charge is -2.11. The summed E-state index contributed by atoms with van der Waals surface area (Å²) in [6.45, 7) is 5.85. The van der Waals surface area contributed by atoms with Crippen molar-refractivity contribution < 1.29 is 9.53 Å². The topological polar surface area (TPSA) is 76.4 Å². The average molecular weight is 265 g/mol. The van der Waals surface area contributed by atoms with Crippen LogP contribution in [0.1, 0.15) is 26.7 Å². The summed E-state index contributed by atoms with van der Waals surface area (Å²) in [4.78, 5) is 11.3. The molecule has 19 heavy (non-hydrogen) atoms. The van der Waals surface area contributed by atoms with Crippen LogP contribution in [0.4, 0.5) is 11.4 Å². The van der Waals surface area contributed by atoms with Gasteiger partial charge in [0.25, 0.3) is 0 Å². The van der Waals surface area contributed by atoms with E-state index in [4.69, 9.17) is 10.5 Å². The quantitative estimate of drug-likeness (QED) is 0.628. The fraction of sp³-hybridized carbons (Fsp3) is 0.500. The van der Waals surface area contributed by atoms with Gasteiger partial charge in [0.15, 0.2) is 0 Å². The standard InChI is InChI=1S/C14H23N3O2/c1-3-9-19-13-10-11(5-6-12(13)15)17-8-7-14(18)16-4-2/h5-6,10,17H,3-4,7-9,15H2,1-2H3,(H,16,18). The van der Waals surface area contributed by atoms with Gasteiger partial charge in [0.05, 0.1) is 12.3 Å². The van der Waals surface area contributed by atoms with Gasteiger partial charge in [0.2, 0.25) is 5.91 Å². The molecule has 1 aromatic carbocycles. The molecule has 0 spiro atoms. The molecular formula is C14H23N3O2. The Morgan fingerprint density at radius 1 is 1.37 bits per heavy atom. The maximum absolute atomic E-state index is 11.3. The van der Waals surface area contributed by atoms with Crippen LogP contribution in [-0.4, -0.2) is 25.6 Å². The average Bonchev–Trinajstić information content (AvgIpc) is 2.39. The first-order chi connectivity index (χ1) is 9.17. The third kappa shape index (κ3) is 5.50. The number of rotatable bonds is 8. The SMILES string of the molecule is CCCOc1cc(NCCC(=O)NCC)ccc1N. The van der Waals surface area contributed by atoms with Crippen LogP contribution in [-0.2, 0) is 4.79 Å². The van der Waals surface area contributed by atoms with E-state index < -0.39 is 0 Å². The monoisotopic (exact) mass is 265 g/mol. The summed E-state index contributed by atoms with van der Waals surface area (Å²) in [5.41, 5.74) is 7.36. The molecule has 1 aromatic rings. The van der Waals surface area contributed by atoms with E-state index in [1.54, 1.807) is 6.07 Å². The minimum absolute atomic E-state index is 0.0490. The Bertz CT molecular complexity index is 408. The first-order valence-corrected chi connectivity index (χ1v) is 6.70. The lowest BCUT2D eigenvalue weighted by atomic mass is 10.2. The zero-order chi connectivity index (χ0) is 14.1. The molecule has 0 aliphatic heterocycles. The maximum atomic E-state index is 11.3. The van der Waals surface area contributed by atoms with Gasteiger partial charge < -0.3 is 21.1 Å². The highest BCUT2D eigenvalue weighted by Gasteiger charge is 2.03. The van der Waals surface area contributed by atoms with E-state index in [1.165, 1.54) is 0 Å². The van der Waals surface area contributed by atoms with E-state index in [-0.39, 0.29) is 5.91 Å². The number of nitrogen functional groups attached to an aromatic ring is 1. The van der Waals surface area contributed by atoms with Crippen LogP contribution in [0, 0.1) is 0 Å². The number of benzene rings is 1. The molecule has 0 aliphatic rings. The van der Waals surface area contributed by atoms with Gasteiger partial charge >= 0.3 is 0 Å². The molecule has 4 N–H and O–H groups in total. The van der Waals surface area contributed by atoms with E-state index >= 15 is 0 Å². The predicted octanol–water partition coefficient (Wildman–Crippen LogP) is 2.00. The molecule has 106 valence electrons. The van der Waals surface area contributed by atoms with Crippen LogP contribution in [0.15, 0.2) is 18.2 Å². The highest BCUT2D eigenvalue weighted by molar-refractivity contribution is 5.76. The first kappa shape index (κ1) is 15.1. The van der Waals surface area contributed by atoms with Gasteiger partial charge in [-0.3, -0.25) is 4.79 Å². The molecule has 1 rings (SSSR count). The molecule has 5 heteroatoms. The minimum Gasteiger partial charge on any atom is -0.491 e. The highest BCUT2D eigenvalue weighted by atomic mass is 16.5. The third-order valence-electron chi connectivity index (χ3n) is 2.53. The van der Waals surface area contributed by atoms with Crippen LogP contribution < -0.4 is 21.1 Å². The summed E-state index contributed by atoms with van der Waals surface area (Å²) in [7, 11) is 0. The predicted molar refractivity (Wildman–Crippen MR) is 78.4 cm³/mol. The van der Waals surface area contributed by atoms with E-state index in [0.717, 1.165) is 12.1 Å². The fourth-order valence-electron chi connectivity index (χ4n) is 1.59. The van der Waals surface area contributed by atoms with Crippen molar-refractivity contribution in [2.75, 3.05) is 30.7 Å². The van der Waals surface area contributed by atoms with Crippen molar-refractivity contribution in [2.45, 2.75) is 26.7 Å². The fourth-order valence-corrected chi connectivity index (χ4v) is 1.59. The zero-order valence-corrected chi connectivity index (χ0v) is 11.7. The van der Waals surface area contributed by atoms with Crippen molar-refractivity contribution in [3.63, 3.8) is 0 Å². The minimum atomic E-state index is 0.0490. The molecule has 0 heterocycles. The van der Waals surface area contributed by atoms with E-state index in [2.05, 4.69) is 10.6 Å². The third-order valence-corrected chi connectivity index (χ3v) is 2.53. The second kappa shape index (κ2) is 8.24. The lowest BCUT2D eigenvalue weighted by Crippen LogP contribution is -2.24. The number of carbonyl (C=O) groups excluding carboxylic acids is 1. The van der Waals surface area contributed by atoms with Crippen molar-refractivity contribution >= 4 is 17.3 Å². The summed E-state index contributed by atoms with van der Waals surface area (Å²) in [5.74, 6) is 0.734. The van der Waals surface area contributed by atoms with Crippen molar-refractivity contribution in [3.8, 4) is 5.75 Å². The number of amides is 1. The molecule has 0 saturated carbocycles. The molecule has 0 aromatic heterocycles. The number of ether oxygens (including phenoxy) is 1. The smallest absolute Gasteiger partial charge is 0.221 e. The maximum Gasteiger partial charge on any atom is 0.221 e. The first-order valence-electron chi connectivity index (χ1n) is 6.70. The molecular weight excluding hydrogens is 242 g/mol. The number of hydrogen-bond acceptors (Lipinski definition) is 4. The van der Waals surface area contributed by atoms with Crippen molar-refractivity contribution in [2.24, 2.45) is 0 Å². The van der Waals surface area contributed by atoms with Gasteiger partial charge in [-0.25, -0.2) is 0 Å². The highest BCUT2D eigenvalue weighted by Crippen LogP contribution is 2.25. The van der Waals surface area contributed by atoms with Crippen molar-refractivity contribution in [1.82, 2.24) is 5.32 Å². The molecule has 5 nitrogen and oxygen atoms in total. The summed E-state index contributed by atoms with van der Waals surface area (Å²) in [6.07, 6.45) is 1.39. The van der Waals surface area contributed by atoms with Gasteiger partial charge in [0.1, 0.15) is 5.75 Å². The van der Waals surface area contributed by atoms with E-state index in [0.29, 0.717) is 37.6 Å². The van der Waals surface area contributed by atoms with Crippen LogP contribution in [0.25, 0.3) is 0 Å². The lowest BCUT2D eigenvalue weighted by molar-refractivity contribution is -0.120. The second-order valence-electron chi connectivity index (χ2n) is 4.23. The van der Waals surface area contributed by atoms with Gasteiger partial charge in [-0.2, -0.15) is 0 Å². The molecule has 0 radical (unpaired) electrons. The number of carbonyl (C=O) groups is 1. The van der Waals surface area contributed by atoms with Gasteiger partial charge in [-0.1, -0.05) is 6.92 Å². The van der Waals surface area contributed by atoms with Gasteiger partial charge in [0, 0.05) is 31.3 Å². The Morgan fingerprint density at radius 3 is 2.84 bits per heavy atom. The second-order valence-corrected chi connectivity index (χ2v) is 4.23. The Morgan fingerprint density at radius 2 is 2.16 bits per heavy atom. The largest absolute Gasteiger partial charge is 0.491 e. The molecule has 0 aliphatic carbocycles. The van der Waals surface area contributed by atoms with Gasteiger partial charge in [-0.05, 0) is 25.5 Å². The number of nitrogens with one attached hydrogen (secondary N) is 2. The summed E-state index contributed by atoms with van der Waals surface area (Å²) in [5, 5.41) is 5.94. The van der Waals surface area contributed by atoms with Crippen LogP contribution >= 0.6 is 0 Å². The number of hydrogen-bond donors (Lipinski definition) is 3. The molecule has 0 fully saturated rings. The van der Waals surface area contributed by atoms with Crippen molar-refractivity contribution in [1.29, 1.82) is 0 Å². The van der Waals surface area contributed by atoms with Crippen LogP contribution in [0.2, 0.25) is 0 Å². The molecule has 0 unspecified atom stereocenters. The van der Waals surface area contributed by atoms with Crippen LogP contribution in [0.5, 0.6) is 5.75 Å². The van der Waals surface area contributed by atoms with E-state index in [1.807, 2.05) is 26.0 Å². The molecule has 0 saturated heterocycles. The summed E-state index contributed by atoms with van der Waals surface area (Å²) >= 11 is 0. The zero-order valence-electron chi connectivity index (χ0n) is 11.7. The summed E-state index contributed by atoms with van der Waals surface area (Å²) < 4.78 is 5.55. The number of nitrogens with two attached hydrogens (primary N) is 1. The normalized spacial score (nSPS) is 10.0. The Kier molecular flexibility index (Phi) is 6.57. The molecule has 0 bridgehead atoms. The Labute approximate surface area is 114 Å². The summed E-state index contributed by atoms with van der Waals surface area (Å²) in [6, 6.07) is 5.55. The van der Waals surface area contributed by atoms with Gasteiger partial charge in [-0.15, -0.1) is 0 Å². The van der Waals surface area contributed by atoms with Crippen molar-refractivity contribution in [3.05, 3.63) is 18.2 Å². The van der Waals surface area contributed by atoms with Crippen LogP contribution in [0.3, 0.4) is 0 Å². The molecule has 0 atom stereocenters. The Hall–Kier alpha value is -1.91. The Balaban J connectivity index is 2.47. The molecule has 1 amide bonds. The van der Waals surface area contributed by atoms with E-state index in [9.17, 15) is 4.79 Å².